The zero-order chi connectivity index (χ0) is 13.9. The topological polar surface area (TPSA) is 78.4 Å². The molecule has 0 atom stereocenters. The van der Waals surface area contributed by atoms with Crippen LogP contribution < -0.4 is 10.6 Å². The van der Waals surface area contributed by atoms with Crippen molar-refractivity contribution in [2.24, 2.45) is 5.41 Å². The summed E-state index contributed by atoms with van der Waals surface area (Å²) < 4.78 is 0. The van der Waals surface area contributed by atoms with E-state index in [1.54, 1.807) is 24.3 Å². The van der Waals surface area contributed by atoms with Crippen LogP contribution in [0, 0.1) is 5.41 Å². The Kier molecular flexibility index (Phi) is 3.85. The molecule has 1 aliphatic carbocycles. The Morgan fingerprint density at radius 1 is 1.37 bits per heavy atom. The van der Waals surface area contributed by atoms with Crippen LogP contribution >= 0.6 is 0 Å². The molecule has 0 aliphatic heterocycles. The van der Waals surface area contributed by atoms with Crippen LogP contribution in [0.4, 0.5) is 10.5 Å². The summed E-state index contributed by atoms with van der Waals surface area (Å²) >= 11 is 0. The molecule has 0 aromatic heterocycles. The number of aliphatic hydroxyl groups is 1. The van der Waals surface area contributed by atoms with Crippen molar-refractivity contribution < 1.29 is 14.7 Å². The van der Waals surface area contributed by atoms with E-state index in [4.69, 9.17) is 5.11 Å². The predicted octanol–water partition coefficient (Wildman–Crippen LogP) is 1.78. The van der Waals surface area contributed by atoms with E-state index < -0.39 is 0 Å². The number of nitrogens with one attached hydrogen (secondary N) is 2. The molecule has 0 spiro atoms. The van der Waals surface area contributed by atoms with Crippen molar-refractivity contribution >= 4 is 17.5 Å². The number of urea groups is 1. The predicted molar refractivity (Wildman–Crippen MR) is 72.2 cm³/mol. The molecule has 1 fully saturated rings. The molecule has 0 bridgehead atoms. The minimum Gasteiger partial charge on any atom is -0.396 e. The summed E-state index contributed by atoms with van der Waals surface area (Å²) in [7, 11) is 0. The lowest BCUT2D eigenvalue weighted by molar-refractivity contribution is 0.101. The number of carbonyl (C=O) groups excluding carboxylic acids is 2. The second-order valence-corrected chi connectivity index (χ2v) is 5.10. The first-order valence-corrected chi connectivity index (χ1v) is 6.31. The Labute approximate surface area is 112 Å². The number of rotatable bonds is 5. The van der Waals surface area contributed by atoms with Crippen LogP contribution in [-0.2, 0) is 0 Å². The van der Waals surface area contributed by atoms with Gasteiger partial charge >= 0.3 is 6.03 Å². The number of benzene rings is 1. The van der Waals surface area contributed by atoms with Gasteiger partial charge in [-0.25, -0.2) is 4.79 Å². The molecule has 1 saturated carbocycles. The third kappa shape index (κ3) is 3.54. The Morgan fingerprint density at radius 3 is 2.68 bits per heavy atom. The fraction of sp³-hybridized carbons (Fsp3) is 0.429. The monoisotopic (exact) mass is 262 g/mol. The summed E-state index contributed by atoms with van der Waals surface area (Å²) in [4.78, 5) is 22.9. The molecule has 0 saturated heterocycles. The summed E-state index contributed by atoms with van der Waals surface area (Å²) in [5, 5.41) is 14.6. The van der Waals surface area contributed by atoms with Gasteiger partial charge in [0, 0.05) is 23.2 Å². The van der Waals surface area contributed by atoms with E-state index in [9.17, 15) is 9.59 Å². The zero-order valence-electron chi connectivity index (χ0n) is 10.9. The van der Waals surface area contributed by atoms with Crippen LogP contribution in [0.15, 0.2) is 24.3 Å². The Hall–Kier alpha value is -1.88. The molecule has 1 aromatic rings. The lowest BCUT2D eigenvalue weighted by Crippen LogP contribution is -2.35. The number of ketones is 1. The van der Waals surface area contributed by atoms with Gasteiger partial charge < -0.3 is 15.7 Å². The smallest absolute Gasteiger partial charge is 0.319 e. The van der Waals surface area contributed by atoms with Gasteiger partial charge in [0.05, 0.1) is 6.61 Å². The number of aliphatic hydroxyl groups excluding tert-OH is 1. The second-order valence-electron chi connectivity index (χ2n) is 5.10. The van der Waals surface area contributed by atoms with E-state index in [1.807, 2.05) is 0 Å². The highest BCUT2D eigenvalue weighted by Crippen LogP contribution is 2.44. The number of Topliss-reactive ketones (excluding diaryl/α,β-unsaturated/α-hetero) is 1. The van der Waals surface area contributed by atoms with Gasteiger partial charge in [0.2, 0.25) is 0 Å². The maximum atomic E-state index is 11.7. The molecule has 2 rings (SSSR count). The van der Waals surface area contributed by atoms with Crippen LogP contribution in [0.1, 0.15) is 30.1 Å². The fourth-order valence-electron chi connectivity index (χ4n) is 1.83. The molecule has 2 amide bonds. The number of anilines is 1. The summed E-state index contributed by atoms with van der Waals surface area (Å²) in [5.74, 6) is -0.0405. The van der Waals surface area contributed by atoms with E-state index in [1.165, 1.54) is 6.92 Å². The first-order chi connectivity index (χ1) is 9.04. The van der Waals surface area contributed by atoms with Crippen LogP contribution in [-0.4, -0.2) is 30.1 Å². The van der Waals surface area contributed by atoms with Gasteiger partial charge in [-0.2, -0.15) is 0 Å². The zero-order valence-corrected chi connectivity index (χ0v) is 10.9. The van der Waals surface area contributed by atoms with Crippen molar-refractivity contribution in [2.75, 3.05) is 18.5 Å². The molecule has 5 nitrogen and oxygen atoms in total. The lowest BCUT2D eigenvalue weighted by Gasteiger charge is -2.13. The first-order valence-electron chi connectivity index (χ1n) is 6.31. The molecule has 0 heterocycles. The molecule has 19 heavy (non-hydrogen) atoms. The standard InChI is InChI=1S/C14H18N2O3/c1-10(18)11-3-2-4-12(7-11)16-13(19)15-8-14(9-17)5-6-14/h2-4,7,17H,5-6,8-9H2,1H3,(H2,15,16,19). The average Bonchev–Trinajstić information content (AvgIpc) is 3.17. The normalized spacial score (nSPS) is 15.7. The minimum absolute atomic E-state index is 0.0405. The highest BCUT2D eigenvalue weighted by molar-refractivity contribution is 5.96. The molecule has 3 N–H and O–H groups in total. The Bertz CT molecular complexity index is 495. The molecular weight excluding hydrogens is 244 g/mol. The van der Waals surface area contributed by atoms with Gasteiger partial charge in [0.25, 0.3) is 0 Å². The molecule has 1 aliphatic rings. The van der Waals surface area contributed by atoms with Crippen molar-refractivity contribution in [3.05, 3.63) is 29.8 Å². The van der Waals surface area contributed by atoms with E-state index in [0.717, 1.165) is 12.8 Å². The number of carbonyl (C=O) groups is 2. The summed E-state index contributed by atoms with van der Waals surface area (Å²) in [5.41, 5.74) is 1.03. The third-order valence-electron chi connectivity index (χ3n) is 3.44. The molecule has 0 radical (unpaired) electrons. The molecule has 1 aromatic carbocycles. The number of hydrogen-bond donors (Lipinski definition) is 3. The highest BCUT2D eigenvalue weighted by atomic mass is 16.3. The largest absolute Gasteiger partial charge is 0.396 e. The summed E-state index contributed by atoms with van der Waals surface area (Å²) in [6.45, 7) is 2.06. The van der Waals surface area contributed by atoms with E-state index in [-0.39, 0.29) is 23.8 Å². The molecule has 5 heteroatoms. The van der Waals surface area contributed by atoms with E-state index >= 15 is 0 Å². The number of amides is 2. The second kappa shape index (κ2) is 5.40. The number of hydrogen-bond acceptors (Lipinski definition) is 3. The van der Waals surface area contributed by atoms with E-state index in [2.05, 4.69) is 10.6 Å². The van der Waals surface area contributed by atoms with Crippen molar-refractivity contribution in [1.82, 2.24) is 5.32 Å². The molecule has 102 valence electrons. The van der Waals surface area contributed by atoms with Crippen molar-refractivity contribution in [3.8, 4) is 0 Å². The molecule has 0 unspecified atom stereocenters. The van der Waals surface area contributed by atoms with Crippen LogP contribution in [0.3, 0.4) is 0 Å². The fourth-order valence-corrected chi connectivity index (χ4v) is 1.83. The van der Waals surface area contributed by atoms with E-state index in [0.29, 0.717) is 17.8 Å². The highest BCUT2D eigenvalue weighted by Gasteiger charge is 2.42. The molecular formula is C14H18N2O3. The van der Waals surface area contributed by atoms with Crippen molar-refractivity contribution in [3.63, 3.8) is 0 Å². The van der Waals surface area contributed by atoms with Crippen LogP contribution in [0.25, 0.3) is 0 Å². The van der Waals surface area contributed by atoms with Gasteiger partial charge in [-0.05, 0) is 31.9 Å². The lowest BCUT2D eigenvalue weighted by atomic mass is 10.1. The van der Waals surface area contributed by atoms with Crippen molar-refractivity contribution in [2.45, 2.75) is 19.8 Å². The maximum Gasteiger partial charge on any atom is 0.319 e. The third-order valence-corrected chi connectivity index (χ3v) is 3.44. The van der Waals surface area contributed by atoms with Gasteiger partial charge in [-0.15, -0.1) is 0 Å². The minimum atomic E-state index is -0.319. The van der Waals surface area contributed by atoms with Crippen LogP contribution in [0.2, 0.25) is 0 Å². The summed E-state index contributed by atoms with van der Waals surface area (Å²) in [6, 6.07) is 6.48. The van der Waals surface area contributed by atoms with Gasteiger partial charge in [0.1, 0.15) is 0 Å². The first kappa shape index (κ1) is 13.5. The average molecular weight is 262 g/mol. The maximum absolute atomic E-state index is 11.7. The SMILES string of the molecule is CC(=O)c1cccc(NC(=O)NCC2(CO)CC2)c1. The Morgan fingerprint density at radius 2 is 2.11 bits per heavy atom. The van der Waals surface area contributed by atoms with Crippen LogP contribution in [0.5, 0.6) is 0 Å². The Balaban J connectivity index is 1.88. The quantitative estimate of drug-likeness (QED) is 0.708. The van der Waals surface area contributed by atoms with Gasteiger partial charge in [-0.3, -0.25) is 4.79 Å². The van der Waals surface area contributed by atoms with Gasteiger partial charge in [0.15, 0.2) is 5.78 Å². The van der Waals surface area contributed by atoms with Gasteiger partial charge in [-0.1, -0.05) is 12.1 Å². The summed E-state index contributed by atoms with van der Waals surface area (Å²) in [6.07, 6.45) is 1.90. The van der Waals surface area contributed by atoms with Crippen molar-refractivity contribution in [1.29, 1.82) is 0 Å².